The quantitative estimate of drug-likeness (QED) is 0.585. The number of phenols is 1. The lowest BCUT2D eigenvalue weighted by molar-refractivity contribution is 0.189. The Labute approximate surface area is 125 Å². The van der Waals surface area contributed by atoms with Crippen molar-refractivity contribution in [3.05, 3.63) is 47.4 Å². The van der Waals surface area contributed by atoms with Crippen molar-refractivity contribution in [3.63, 3.8) is 0 Å². The van der Waals surface area contributed by atoms with Crippen LogP contribution in [0, 0.1) is 0 Å². The largest absolute Gasteiger partial charge is 0.507 e. The molecule has 0 aliphatic carbocycles. The molecule has 21 heavy (non-hydrogen) atoms. The first kappa shape index (κ1) is 15.1. The molecule has 0 aromatic heterocycles. The molecular formula is C15H23N5O. The van der Waals surface area contributed by atoms with Crippen molar-refractivity contribution in [2.24, 2.45) is 17.2 Å². The third-order valence-electron chi connectivity index (χ3n) is 3.65. The van der Waals surface area contributed by atoms with Crippen LogP contribution in [0.2, 0.25) is 0 Å². The number of piperazine rings is 1. The molecule has 1 heterocycles. The van der Waals surface area contributed by atoms with Gasteiger partial charge in [0.15, 0.2) is 0 Å². The Morgan fingerprint density at radius 2 is 1.71 bits per heavy atom. The number of nitrogens with two attached hydrogens (primary N) is 3. The maximum absolute atomic E-state index is 9.86. The van der Waals surface area contributed by atoms with E-state index < -0.39 is 0 Å². The molecule has 1 aliphatic rings. The second kappa shape index (κ2) is 6.41. The van der Waals surface area contributed by atoms with Crippen LogP contribution in [0.4, 0.5) is 0 Å². The van der Waals surface area contributed by atoms with E-state index in [2.05, 4.69) is 16.8 Å². The number of aromatic hydroxyl groups is 1. The van der Waals surface area contributed by atoms with Gasteiger partial charge >= 0.3 is 0 Å². The Hall–Kier alpha value is -2.34. The summed E-state index contributed by atoms with van der Waals surface area (Å²) in [5.41, 5.74) is 19.4. The van der Waals surface area contributed by atoms with E-state index in [0.29, 0.717) is 17.0 Å². The van der Waals surface area contributed by atoms with Gasteiger partial charge in [-0.3, -0.25) is 0 Å². The highest BCUT2D eigenvalue weighted by atomic mass is 16.3. The maximum atomic E-state index is 9.86. The summed E-state index contributed by atoms with van der Waals surface area (Å²) in [5, 5.41) is 9.86. The van der Waals surface area contributed by atoms with Crippen LogP contribution >= 0.6 is 0 Å². The molecule has 114 valence electrons. The van der Waals surface area contributed by atoms with E-state index in [1.807, 2.05) is 6.07 Å². The van der Waals surface area contributed by atoms with Gasteiger partial charge in [0.2, 0.25) is 0 Å². The van der Waals surface area contributed by atoms with E-state index in [4.69, 9.17) is 17.2 Å². The predicted octanol–water partition coefficient (Wildman–Crippen LogP) is 0.0257. The Balaban J connectivity index is 2.26. The topological polar surface area (TPSA) is 105 Å². The zero-order chi connectivity index (χ0) is 15.4. The van der Waals surface area contributed by atoms with Crippen LogP contribution in [0.5, 0.6) is 5.75 Å². The summed E-state index contributed by atoms with van der Waals surface area (Å²) >= 11 is 0. The molecule has 0 amide bonds. The molecule has 0 atom stereocenters. The van der Waals surface area contributed by atoms with Crippen molar-refractivity contribution < 1.29 is 5.11 Å². The minimum absolute atomic E-state index is 0.138. The van der Waals surface area contributed by atoms with Gasteiger partial charge in [0, 0.05) is 37.4 Å². The molecule has 0 unspecified atom stereocenters. The number of rotatable bonds is 3. The van der Waals surface area contributed by atoms with Crippen LogP contribution in [0.1, 0.15) is 5.56 Å². The number of hydrogen-bond acceptors (Lipinski definition) is 6. The highest BCUT2D eigenvalue weighted by Crippen LogP contribution is 2.23. The molecule has 0 saturated carbocycles. The number of phenolic OH excluding ortho intramolecular Hbond substituents is 1. The smallest absolute Gasteiger partial charge is 0.124 e. The highest BCUT2D eigenvalue weighted by molar-refractivity contribution is 5.69. The third kappa shape index (κ3) is 3.61. The fourth-order valence-electron chi connectivity index (χ4n) is 2.35. The van der Waals surface area contributed by atoms with Gasteiger partial charge in [0.05, 0.1) is 5.70 Å². The number of likely N-dealkylation sites (N-methyl/N-ethyl adjacent to an activating group) is 1. The fraction of sp³-hybridized carbons (Fsp3) is 0.333. The van der Waals surface area contributed by atoms with Crippen LogP contribution in [0.25, 0.3) is 5.70 Å². The lowest BCUT2D eigenvalue weighted by Gasteiger charge is -2.35. The molecule has 0 spiro atoms. The van der Waals surface area contributed by atoms with Gasteiger partial charge < -0.3 is 32.1 Å². The van der Waals surface area contributed by atoms with E-state index in [-0.39, 0.29) is 11.6 Å². The van der Waals surface area contributed by atoms with Gasteiger partial charge in [0.25, 0.3) is 0 Å². The van der Waals surface area contributed by atoms with E-state index in [1.165, 1.54) is 0 Å². The van der Waals surface area contributed by atoms with Crippen molar-refractivity contribution in [1.82, 2.24) is 9.80 Å². The number of para-hydroxylation sites is 1. The summed E-state index contributed by atoms with van der Waals surface area (Å²) in [4.78, 5) is 4.36. The molecule has 6 heteroatoms. The molecular weight excluding hydrogens is 266 g/mol. The molecule has 2 rings (SSSR count). The minimum atomic E-state index is 0.138. The Kier molecular flexibility index (Phi) is 4.59. The lowest BCUT2D eigenvalue weighted by atomic mass is 10.1. The Morgan fingerprint density at radius 3 is 2.29 bits per heavy atom. The van der Waals surface area contributed by atoms with Crippen molar-refractivity contribution in [1.29, 1.82) is 0 Å². The molecule has 1 aromatic carbocycles. The van der Waals surface area contributed by atoms with Crippen LogP contribution in [0.15, 0.2) is 41.9 Å². The number of nitrogens with zero attached hydrogens (tertiary/aromatic N) is 2. The Morgan fingerprint density at radius 1 is 1.10 bits per heavy atom. The molecule has 1 aromatic rings. The average molecular weight is 289 g/mol. The van der Waals surface area contributed by atoms with Crippen LogP contribution in [-0.4, -0.2) is 48.1 Å². The second-order valence-electron chi connectivity index (χ2n) is 5.25. The molecule has 0 bridgehead atoms. The first-order chi connectivity index (χ1) is 9.99. The van der Waals surface area contributed by atoms with E-state index >= 15 is 0 Å². The summed E-state index contributed by atoms with van der Waals surface area (Å²) in [6.07, 6.45) is 1.73. The van der Waals surface area contributed by atoms with Crippen LogP contribution in [-0.2, 0) is 0 Å². The summed E-state index contributed by atoms with van der Waals surface area (Å²) in [7, 11) is 2.08. The molecule has 6 nitrogen and oxygen atoms in total. The van der Waals surface area contributed by atoms with Crippen molar-refractivity contribution in [2.75, 3.05) is 33.2 Å². The van der Waals surface area contributed by atoms with E-state index in [1.54, 1.807) is 24.3 Å². The lowest BCUT2D eigenvalue weighted by Crippen LogP contribution is -2.44. The van der Waals surface area contributed by atoms with Crippen LogP contribution < -0.4 is 17.2 Å². The summed E-state index contributed by atoms with van der Waals surface area (Å²) in [6.45, 7) is 3.57. The molecule has 7 N–H and O–H groups in total. The van der Waals surface area contributed by atoms with Gasteiger partial charge in [-0.2, -0.15) is 0 Å². The number of allylic oxidation sites excluding steroid dienone is 1. The van der Waals surface area contributed by atoms with Crippen molar-refractivity contribution >= 4 is 5.70 Å². The number of benzene rings is 1. The van der Waals surface area contributed by atoms with Gasteiger partial charge in [-0.1, -0.05) is 12.1 Å². The molecule has 0 radical (unpaired) electrons. The standard InChI is InChI=1S/C15H23N5O/c1-19-6-8-20(9-7-19)13(15(17)18)10-12(16)11-4-2-3-5-14(11)21/h2-5,10,21H,6-9,16-18H2,1H3/b12-10-. The maximum Gasteiger partial charge on any atom is 0.124 e. The first-order valence-corrected chi connectivity index (χ1v) is 6.93. The zero-order valence-electron chi connectivity index (χ0n) is 12.3. The molecule has 1 saturated heterocycles. The SMILES string of the molecule is CN1CCN(C(/C=C(\N)c2ccccc2O)=C(N)N)CC1. The molecule has 1 fully saturated rings. The predicted molar refractivity (Wildman–Crippen MR) is 84.7 cm³/mol. The van der Waals surface area contributed by atoms with Gasteiger partial charge in [-0.05, 0) is 25.3 Å². The van der Waals surface area contributed by atoms with Crippen LogP contribution in [0.3, 0.4) is 0 Å². The van der Waals surface area contributed by atoms with Gasteiger partial charge in [-0.15, -0.1) is 0 Å². The number of hydrogen-bond donors (Lipinski definition) is 4. The molecule has 1 aliphatic heterocycles. The van der Waals surface area contributed by atoms with E-state index in [0.717, 1.165) is 26.2 Å². The van der Waals surface area contributed by atoms with Crippen molar-refractivity contribution in [3.8, 4) is 5.75 Å². The van der Waals surface area contributed by atoms with E-state index in [9.17, 15) is 5.11 Å². The zero-order valence-corrected chi connectivity index (χ0v) is 12.3. The normalized spacial score (nSPS) is 16.8. The highest BCUT2D eigenvalue weighted by Gasteiger charge is 2.17. The summed E-state index contributed by atoms with van der Waals surface area (Å²) < 4.78 is 0. The summed E-state index contributed by atoms with van der Waals surface area (Å²) in [5.74, 6) is 0.373. The van der Waals surface area contributed by atoms with Crippen molar-refractivity contribution in [2.45, 2.75) is 0 Å². The van der Waals surface area contributed by atoms with Gasteiger partial charge in [-0.25, -0.2) is 0 Å². The average Bonchev–Trinajstić information content (AvgIpc) is 2.46. The monoisotopic (exact) mass is 289 g/mol. The first-order valence-electron chi connectivity index (χ1n) is 6.93. The van der Waals surface area contributed by atoms with Gasteiger partial charge in [0.1, 0.15) is 11.6 Å². The Bertz CT molecular complexity index is 555. The fourth-order valence-corrected chi connectivity index (χ4v) is 2.35. The second-order valence-corrected chi connectivity index (χ2v) is 5.25. The summed E-state index contributed by atoms with van der Waals surface area (Å²) in [6, 6.07) is 6.93. The minimum Gasteiger partial charge on any atom is -0.507 e. The third-order valence-corrected chi connectivity index (χ3v) is 3.65.